The molecule has 0 amide bonds. The van der Waals surface area contributed by atoms with Gasteiger partial charge >= 0.3 is 0 Å². The summed E-state index contributed by atoms with van der Waals surface area (Å²) in [6, 6.07) is 18.0. The van der Waals surface area contributed by atoms with Crippen molar-refractivity contribution in [2.75, 3.05) is 11.6 Å². The number of ether oxygens (including phenoxy) is 1. The first-order valence-corrected chi connectivity index (χ1v) is 9.29. The Kier molecular flexibility index (Phi) is 5.22. The molecule has 3 rings (SSSR count). The minimum absolute atomic E-state index is 0.0423. The summed E-state index contributed by atoms with van der Waals surface area (Å²) in [6.45, 7) is 10.5. The Bertz CT molecular complexity index is 823. The van der Waals surface area contributed by atoms with Gasteiger partial charge in [0.1, 0.15) is 5.75 Å². The summed E-state index contributed by atoms with van der Waals surface area (Å²) < 4.78 is 5.58. The van der Waals surface area contributed by atoms with E-state index in [4.69, 9.17) is 9.84 Å². The summed E-state index contributed by atoms with van der Waals surface area (Å²) in [4.78, 5) is 14.5. The molecule has 1 atom stereocenters. The number of hydrogen-bond donors (Lipinski definition) is 0. The Balaban J connectivity index is 2.10. The molecule has 0 unspecified atom stereocenters. The Morgan fingerprint density at radius 2 is 1.70 bits per heavy atom. The van der Waals surface area contributed by atoms with E-state index in [2.05, 4.69) is 25.7 Å². The van der Waals surface area contributed by atoms with Gasteiger partial charge in [0, 0.05) is 12.5 Å². The average molecular weight is 365 g/mol. The Labute approximate surface area is 161 Å². The van der Waals surface area contributed by atoms with Gasteiger partial charge in [-0.1, -0.05) is 30.3 Å². The molecule has 0 bridgehead atoms. The van der Waals surface area contributed by atoms with Crippen LogP contribution in [0.15, 0.2) is 59.7 Å². The number of Topliss-reactive ketones (excluding diaryl/α,β-unsaturated/α-hetero) is 1. The Hall–Kier alpha value is -2.82. The van der Waals surface area contributed by atoms with Crippen LogP contribution >= 0.6 is 0 Å². The zero-order valence-corrected chi connectivity index (χ0v) is 16.6. The lowest BCUT2D eigenvalue weighted by Gasteiger charge is -2.40. The molecule has 0 saturated heterocycles. The summed E-state index contributed by atoms with van der Waals surface area (Å²) in [6.07, 6.45) is -0.207. The molecule has 1 aliphatic heterocycles. The van der Waals surface area contributed by atoms with E-state index in [-0.39, 0.29) is 17.5 Å². The molecule has 1 heterocycles. The van der Waals surface area contributed by atoms with Crippen LogP contribution in [0.4, 0.5) is 5.69 Å². The molecule has 142 valence electrons. The SMILES string of the molecule is CCOc1ccc([C@@H]2N(c3ccccc3)N=C(C(C)=O)N2C(C)(C)C)cc1. The van der Waals surface area contributed by atoms with E-state index >= 15 is 0 Å². The van der Waals surface area contributed by atoms with Crippen molar-refractivity contribution < 1.29 is 9.53 Å². The van der Waals surface area contributed by atoms with Gasteiger partial charge in [-0.3, -0.25) is 4.79 Å². The second kappa shape index (κ2) is 7.43. The van der Waals surface area contributed by atoms with Crippen molar-refractivity contribution in [1.82, 2.24) is 4.90 Å². The molecule has 2 aromatic rings. The molecule has 1 aliphatic rings. The molecule has 0 N–H and O–H groups in total. The fourth-order valence-corrected chi connectivity index (χ4v) is 3.33. The largest absolute Gasteiger partial charge is 0.494 e. The zero-order valence-electron chi connectivity index (χ0n) is 16.6. The van der Waals surface area contributed by atoms with Crippen LogP contribution in [0, 0.1) is 0 Å². The predicted octanol–water partition coefficient (Wildman–Crippen LogP) is 4.61. The van der Waals surface area contributed by atoms with E-state index in [0.717, 1.165) is 17.0 Å². The molecule has 0 saturated carbocycles. The number of carbonyl (C=O) groups excluding carboxylic acids is 1. The molecule has 5 nitrogen and oxygen atoms in total. The number of hydrogen-bond acceptors (Lipinski definition) is 5. The zero-order chi connectivity index (χ0) is 19.6. The van der Waals surface area contributed by atoms with Crippen molar-refractivity contribution in [3.05, 3.63) is 60.2 Å². The van der Waals surface area contributed by atoms with Crippen LogP contribution in [-0.2, 0) is 4.79 Å². The minimum Gasteiger partial charge on any atom is -0.494 e. The lowest BCUT2D eigenvalue weighted by atomic mass is 10.0. The fourth-order valence-electron chi connectivity index (χ4n) is 3.33. The van der Waals surface area contributed by atoms with Crippen LogP contribution in [0.5, 0.6) is 5.75 Å². The molecule has 0 aromatic heterocycles. The maximum Gasteiger partial charge on any atom is 0.196 e. The number of amidine groups is 1. The standard InChI is InChI=1S/C22H27N3O2/c1-6-27-19-14-12-17(13-15-19)21-24(22(3,4)5)20(16(2)26)23-25(21)18-10-8-7-9-11-18/h7-15,21H,6H2,1-5H3/t21-/m0/s1. The third kappa shape index (κ3) is 3.82. The van der Waals surface area contributed by atoms with E-state index < -0.39 is 0 Å². The number of ketones is 1. The third-order valence-electron chi connectivity index (χ3n) is 4.45. The molecule has 0 fully saturated rings. The highest BCUT2D eigenvalue weighted by Crippen LogP contribution is 2.40. The van der Waals surface area contributed by atoms with Crippen molar-refractivity contribution in [2.45, 2.75) is 46.3 Å². The van der Waals surface area contributed by atoms with Gasteiger partial charge in [-0.25, -0.2) is 5.01 Å². The van der Waals surface area contributed by atoms with Crippen LogP contribution in [0.1, 0.15) is 46.3 Å². The molecule has 0 radical (unpaired) electrons. The monoisotopic (exact) mass is 365 g/mol. The smallest absolute Gasteiger partial charge is 0.196 e. The van der Waals surface area contributed by atoms with Crippen molar-refractivity contribution in [3.8, 4) is 5.75 Å². The normalized spacial score (nSPS) is 17.1. The average Bonchev–Trinajstić information content (AvgIpc) is 3.05. The number of para-hydroxylation sites is 1. The predicted molar refractivity (Wildman–Crippen MR) is 109 cm³/mol. The van der Waals surface area contributed by atoms with Gasteiger partial charge in [0.25, 0.3) is 0 Å². The highest BCUT2D eigenvalue weighted by atomic mass is 16.5. The first-order chi connectivity index (χ1) is 12.8. The first-order valence-electron chi connectivity index (χ1n) is 9.29. The molecular weight excluding hydrogens is 338 g/mol. The van der Waals surface area contributed by atoms with E-state index in [9.17, 15) is 4.79 Å². The second-order valence-electron chi connectivity index (χ2n) is 7.58. The second-order valence-corrected chi connectivity index (χ2v) is 7.58. The van der Waals surface area contributed by atoms with Crippen LogP contribution < -0.4 is 9.75 Å². The number of anilines is 1. The number of benzene rings is 2. The van der Waals surface area contributed by atoms with Gasteiger partial charge in [0.15, 0.2) is 17.8 Å². The van der Waals surface area contributed by atoms with Crippen LogP contribution in [0.3, 0.4) is 0 Å². The molecular formula is C22H27N3O2. The van der Waals surface area contributed by atoms with Gasteiger partial charge in [0.05, 0.1) is 12.3 Å². The van der Waals surface area contributed by atoms with Gasteiger partial charge < -0.3 is 9.64 Å². The summed E-state index contributed by atoms with van der Waals surface area (Å²) in [5.41, 5.74) is 1.72. The van der Waals surface area contributed by atoms with E-state index in [1.165, 1.54) is 0 Å². The Morgan fingerprint density at radius 1 is 1.07 bits per heavy atom. The van der Waals surface area contributed by atoms with Crippen molar-refractivity contribution in [2.24, 2.45) is 5.10 Å². The van der Waals surface area contributed by atoms with Crippen molar-refractivity contribution in [3.63, 3.8) is 0 Å². The molecule has 2 aromatic carbocycles. The Morgan fingerprint density at radius 3 is 2.22 bits per heavy atom. The number of carbonyl (C=O) groups is 1. The van der Waals surface area contributed by atoms with Crippen molar-refractivity contribution >= 4 is 17.3 Å². The summed E-state index contributed by atoms with van der Waals surface area (Å²) in [7, 11) is 0. The fraction of sp³-hybridized carbons (Fsp3) is 0.364. The third-order valence-corrected chi connectivity index (χ3v) is 4.45. The van der Waals surface area contributed by atoms with Crippen molar-refractivity contribution in [1.29, 1.82) is 0 Å². The van der Waals surface area contributed by atoms with Crippen LogP contribution in [0.25, 0.3) is 0 Å². The molecule has 0 aliphatic carbocycles. The quantitative estimate of drug-likeness (QED) is 0.776. The van der Waals surface area contributed by atoms with Crippen LogP contribution in [-0.4, -0.2) is 28.7 Å². The molecule has 0 spiro atoms. The first kappa shape index (κ1) is 19.0. The highest BCUT2D eigenvalue weighted by molar-refractivity contribution is 6.38. The summed E-state index contributed by atoms with van der Waals surface area (Å²) in [5.74, 6) is 1.27. The maximum absolute atomic E-state index is 12.4. The van der Waals surface area contributed by atoms with Crippen LogP contribution in [0.2, 0.25) is 0 Å². The highest BCUT2D eigenvalue weighted by Gasteiger charge is 2.43. The summed E-state index contributed by atoms with van der Waals surface area (Å²) >= 11 is 0. The van der Waals surface area contributed by atoms with E-state index in [1.54, 1.807) is 6.92 Å². The number of rotatable bonds is 5. The summed E-state index contributed by atoms with van der Waals surface area (Å²) in [5, 5.41) is 6.65. The van der Waals surface area contributed by atoms with Gasteiger partial charge in [-0.05, 0) is 57.5 Å². The lowest BCUT2D eigenvalue weighted by molar-refractivity contribution is -0.112. The van der Waals surface area contributed by atoms with E-state index in [0.29, 0.717) is 12.4 Å². The number of hydrazone groups is 1. The molecule has 27 heavy (non-hydrogen) atoms. The topological polar surface area (TPSA) is 45.1 Å². The van der Waals surface area contributed by atoms with Gasteiger partial charge in [-0.2, -0.15) is 0 Å². The van der Waals surface area contributed by atoms with E-state index in [1.807, 2.05) is 66.5 Å². The molecule has 5 heteroatoms. The maximum atomic E-state index is 12.4. The minimum atomic E-state index is -0.280. The number of nitrogens with zero attached hydrogens (tertiary/aromatic N) is 3. The van der Waals surface area contributed by atoms with Gasteiger partial charge in [0.2, 0.25) is 0 Å². The lowest BCUT2D eigenvalue weighted by Crippen LogP contribution is -2.49. The van der Waals surface area contributed by atoms with Gasteiger partial charge in [-0.15, -0.1) is 5.10 Å².